The molecule has 0 aliphatic carbocycles. The van der Waals surface area contributed by atoms with Crippen LogP contribution in [-0.2, 0) is 0 Å². The van der Waals surface area contributed by atoms with Gasteiger partial charge in [-0.05, 0) is 12.3 Å². The average Bonchev–Trinajstić information content (AvgIpc) is 1.68. The van der Waals surface area contributed by atoms with Gasteiger partial charge in [-0.3, -0.25) is 0 Å². The molecule has 0 radical (unpaired) electrons. The van der Waals surface area contributed by atoms with Gasteiger partial charge < -0.3 is 1.43 Å². The van der Waals surface area contributed by atoms with Gasteiger partial charge in [-0.25, -0.2) is 0 Å². The van der Waals surface area contributed by atoms with E-state index >= 15 is 0 Å². The van der Waals surface area contributed by atoms with E-state index < -0.39 is 0 Å². The number of hydrogen-bond acceptors (Lipinski definition) is 0. The van der Waals surface area contributed by atoms with E-state index in [1.54, 1.807) is 0 Å². The SMILES string of the molecule is C=CCC(C)CC.[H-].[Na+]. The quantitative estimate of drug-likeness (QED) is 0.357. The van der Waals surface area contributed by atoms with Gasteiger partial charge >= 0.3 is 29.6 Å². The Bertz CT molecular complexity index is 54.9. The molecule has 0 bridgehead atoms. The Labute approximate surface area is 76.1 Å². The fourth-order valence-corrected chi connectivity index (χ4v) is 0.451. The summed E-state index contributed by atoms with van der Waals surface area (Å²) in [5.41, 5.74) is 0. The van der Waals surface area contributed by atoms with E-state index in [9.17, 15) is 0 Å². The van der Waals surface area contributed by atoms with Gasteiger partial charge in [0.25, 0.3) is 0 Å². The first-order valence-corrected chi connectivity index (χ1v) is 2.92. The van der Waals surface area contributed by atoms with Crippen LogP contribution in [0.15, 0.2) is 12.7 Å². The molecule has 1 heteroatoms. The maximum absolute atomic E-state index is 3.65. The fraction of sp³-hybridized carbons (Fsp3) is 0.714. The second-order valence-corrected chi connectivity index (χ2v) is 2.04. The molecule has 0 saturated heterocycles. The Morgan fingerprint density at radius 1 is 1.75 bits per heavy atom. The summed E-state index contributed by atoms with van der Waals surface area (Å²) in [5, 5.41) is 0. The van der Waals surface area contributed by atoms with Crippen molar-refractivity contribution in [3.63, 3.8) is 0 Å². The molecule has 1 unspecified atom stereocenters. The molecule has 0 amide bonds. The van der Waals surface area contributed by atoms with Crippen molar-refractivity contribution in [1.82, 2.24) is 0 Å². The molecular weight excluding hydrogens is 107 g/mol. The van der Waals surface area contributed by atoms with E-state index in [1.807, 2.05) is 6.08 Å². The standard InChI is InChI=1S/C7H14.Na.H/c1-4-6-7(3)5-2;;/h4,7H,1,5-6H2,2-3H3;;/q;+1;-1. The van der Waals surface area contributed by atoms with Crippen LogP contribution in [-0.4, -0.2) is 0 Å². The molecule has 0 fully saturated rings. The first-order chi connectivity index (χ1) is 3.31. The van der Waals surface area contributed by atoms with E-state index in [0.29, 0.717) is 0 Å². The van der Waals surface area contributed by atoms with Crippen molar-refractivity contribution in [3.05, 3.63) is 12.7 Å². The van der Waals surface area contributed by atoms with Crippen molar-refractivity contribution in [2.24, 2.45) is 5.92 Å². The molecule has 0 rings (SSSR count). The Morgan fingerprint density at radius 3 is 2.38 bits per heavy atom. The second-order valence-electron chi connectivity index (χ2n) is 2.04. The van der Waals surface area contributed by atoms with Crippen LogP contribution >= 0.6 is 0 Å². The number of hydrogen-bond donors (Lipinski definition) is 0. The molecule has 0 N–H and O–H groups in total. The third kappa shape index (κ3) is 6.74. The summed E-state index contributed by atoms with van der Waals surface area (Å²) in [6.07, 6.45) is 4.41. The number of allylic oxidation sites excluding steroid dienone is 1. The van der Waals surface area contributed by atoms with Gasteiger partial charge in [-0.1, -0.05) is 26.3 Å². The average molecular weight is 122 g/mol. The van der Waals surface area contributed by atoms with Gasteiger partial charge in [0.05, 0.1) is 0 Å². The van der Waals surface area contributed by atoms with Crippen molar-refractivity contribution < 1.29 is 31.0 Å². The first-order valence-electron chi connectivity index (χ1n) is 2.92. The normalized spacial score (nSPS) is 11.8. The maximum Gasteiger partial charge on any atom is 1.00 e. The summed E-state index contributed by atoms with van der Waals surface area (Å²) in [5.74, 6) is 0.831. The molecule has 0 saturated carbocycles. The Hall–Kier alpha value is 0.740. The molecule has 0 spiro atoms. The summed E-state index contributed by atoms with van der Waals surface area (Å²) in [4.78, 5) is 0. The molecule has 0 heterocycles. The Morgan fingerprint density at radius 2 is 2.25 bits per heavy atom. The van der Waals surface area contributed by atoms with E-state index in [4.69, 9.17) is 0 Å². The van der Waals surface area contributed by atoms with Crippen molar-refractivity contribution >= 4 is 0 Å². The fourth-order valence-electron chi connectivity index (χ4n) is 0.451. The molecule has 0 aromatic heterocycles. The van der Waals surface area contributed by atoms with Crippen LogP contribution in [0.25, 0.3) is 0 Å². The van der Waals surface area contributed by atoms with Crippen LogP contribution in [0.2, 0.25) is 0 Å². The molecular formula is C7H15Na. The molecule has 1 atom stereocenters. The van der Waals surface area contributed by atoms with Crippen molar-refractivity contribution in [3.8, 4) is 0 Å². The van der Waals surface area contributed by atoms with Crippen LogP contribution in [0.4, 0.5) is 0 Å². The molecule has 0 aliphatic heterocycles. The molecule has 0 aliphatic rings. The summed E-state index contributed by atoms with van der Waals surface area (Å²) in [6.45, 7) is 8.09. The van der Waals surface area contributed by atoms with E-state index in [1.165, 1.54) is 6.42 Å². The zero-order valence-corrected chi connectivity index (χ0v) is 8.28. The smallest absolute Gasteiger partial charge is 1.00 e. The molecule has 0 aromatic carbocycles. The Balaban J connectivity index is -0.000000180. The van der Waals surface area contributed by atoms with Crippen LogP contribution in [0.3, 0.4) is 0 Å². The summed E-state index contributed by atoms with van der Waals surface area (Å²) < 4.78 is 0. The van der Waals surface area contributed by atoms with Crippen LogP contribution in [0.5, 0.6) is 0 Å². The minimum absolute atomic E-state index is 0. The first kappa shape index (κ1) is 11.5. The maximum atomic E-state index is 3.65. The molecule has 8 heavy (non-hydrogen) atoms. The van der Waals surface area contributed by atoms with Gasteiger partial charge in [0.15, 0.2) is 0 Å². The zero-order chi connectivity index (χ0) is 5.70. The predicted molar refractivity (Wildman–Crippen MR) is 35.4 cm³/mol. The van der Waals surface area contributed by atoms with Gasteiger partial charge in [-0.2, -0.15) is 0 Å². The second kappa shape index (κ2) is 7.74. The van der Waals surface area contributed by atoms with Crippen molar-refractivity contribution in [1.29, 1.82) is 0 Å². The van der Waals surface area contributed by atoms with Crippen LogP contribution in [0.1, 0.15) is 28.1 Å². The molecule has 0 aromatic rings. The Kier molecular flexibility index (Phi) is 11.2. The zero-order valence-electron chi connectivity index (χ0n) is 7.28. The molecule has 0 nitrogen and oxygen atoms in total. The van der Waals surface area contributed by atoms with E-state index in [0.717, 1.165) is 12.3 Å². The van der Waals surface area contributed by atoms with Crippen LogP contribution < -0.4 is 29.6 Å². The largest absolute Gasteiger partial charge is 1.00 e. The van der Waals surface area contributed by atoms with Gasteiger partial charge in [0.2, 0.25) is 0 Å². The van der Waals surface area contributed by atoms with E-state index in [2.05, 4.69) is 20.4 Å². The minimum Gasteiger partial charge on any atom is -1.00 e. The van der Waals surface area contributed by atoms with Crippen molar-refractivity contribution in [2.45, 2.75) is 26.7 Å². The van der Waals surface area contributed by atoms with Gasteiger partial charge in [0.1, 0.15) is 0 Å². The predicted octanol–water partition coefficient (Wildman–Crippen LogP) is -0.275. The van der Waals surface area contributed by atoms with Crippen LogP contribution in [0, 0.1) is 5.92 Å². The summed E-state index contributed by atoms with van der Waals surface area (Å²) in [7, 11) is 0. The summed E-state index contributed by atoms with van der Waals surface area (Å²) in [6, 6.07) is 0. The van der Waals surface area contributed by atoms with Crippen molar-refractivity contribution in [2.75, 3.05) is 0 Å². The third-order valence-electron chi connectivity index (χ3n) is 1.27. The monoisotopic (exact) mass is 122 g/mol. The topological polar surface area (TPSA) is 0 Å². The minimum atomic E-state index is 0. The van der Waals surface area contributed by atoms with Gasteiger partial charge in [-0.15, -0.1) is 6.58 Å². The summed E-state index contributed by atoms with van der Waals surface area (Å²) >= 11 is 0. The van der Waals surface area contributed by atoms with Gasteiger partial charge in [0, 0.05) is 0 Å². The molecule has 44 valence electrons. The number of rotatable bonds is 3. The third-order valence-corrected chi connectivity index (χ3v) is 1.27. The van der Waals surface area contributed by atoms with E-state index in [-0.39, 0.29) is 31.0 Å².